The summed E-state index contributed by atoms with van der Waals surface area (Å²) in [4.78, 5) is 0. The third-order valence-corrected chi connectivity index (χ3v) is 3.13. The van der Waals surface area contributed by atoms with Crippen LogP contribution in [-0.4, -0.2) is 18.2 Å². The highest BCUT2D eigenvalue weighted by atomic mass is 79.9. The van der Waals surface area contributed by atoms with Crippen LogP contribution < -0.4 is 0 Å². The molecule has 1 aromatic carbocycles. The molecular weight excluding hydrogens is 294 g/mol. The summed E-state index contributed by atoms with van der Waals surface area (Å²) >= 11 is 3.11. The first-order valence-electron chi connectivity index (χ1n) is 3.82. The molecule has 0 heterocycles. The van der Waals surface area contributed by atoms with Gasteiger partial charge in [0.1, 0.15) is 0 Å². The zero-order valence-electron chi connectivity index (χ0n) is 7.32. The Hall–Kier alpha value is -0.530. The summed E-state index contributed by atoms with van der Waals surface area (Å²) in [5.74, 6) is 0. The molecule has 7 heteroatoms. The Morgan fingerprint density at radius 1 is 1.27 bits per heavy atom. The van der Waals surface area contributed by atoms with Gasteiger partial charge in [-0.25, -0.2) is 0 Å². The molecule has 0 aliphatic carbocycles. The average molecular weight is 301 g/mol. The van der Waals surface area contributed by atoms with Gasteiger partial charge in [0.2, 0.25) is 0 Å². The highest BCUT2D eigenvalue weighted by Crippen LogP contribution is 2.26. The Bertz CT molecular complexity index is 441. The van der Waals surface area contributed by atoms with Gasteiger partial charge in [-0.1, -0.05) is 28.1 Å². The Balaban J connectivity index is 2.92. The summed E-state index contributed by atoms with van der Waals surface area (Å²) in [6, 6.07) is 5.72. The molecule has 84 valence electrons. The first-order chi connectivity index (χ1) is 6.72. The minimum Gasteiger partial charge on any atom is -0.281 e. The number of hydrogen-bond donors (Lipinski definition) is 1. The fourth-order valence-electron chi connectivity index (χ4n) is 0.931. The zero-order valence-corrected chi connectivity index (χ0v) is 9.72. The van der Waals surface area contributed by atoms with Crippen molar-refractivity contribution in [2.45, 2.75) is 11.7 Å². The molecule has 0 saturated heterocycles. The fourth-order valence-corrected chi connectivity index (χ4v) is 1.54. The summed E-state index contributed by atoms with van der Waals surface area (Å²) in [5, 5.41) is -4.15. The molecule has 3 nitrogen and oxygen atoms in total. The van der Waals surface area contributed by atoms with Crippen LogP contribution in [0.5, 0.6) is 0 Å². The Kier molecular flexibility index (Phi) is 3.47. The summed E-state index contributed by atoms with van der Waals surface area (Å²) < 4.78 is 55.3. The Labute approximate surface area is 94.0 Å². The van der Waals surface area contributed by atoms with E-state index in [2.05, 4.69) is 15.9 Å². The molecular formula is C8H7BrF2O3S. The molecule has 0 aliphatic rings. The van der Waals surface area contributed by atoms with Crippen LogP contribution in [0.1, 0.15) is 5.56 Å². The molecule has 0 radical (unpaired) electrons. The van der Waals surface area contributed by atoms with E-state index in [9.17, 15) is 17.2 Å². The average Bonchev–Trinajstić information content (AvgIpc) is 2.06. The molecule has 0 saturated carbocycles. The standard InChI is InChI=1S/C8H7BrF2O3S/c9-7-3-1-6(2-4-7)5-8(10,11)15(12,13)14/h1-4H,5H2,(H,12,13,14). The molecule has 1 N–H and O–H groups in total. The summed E-state index contributed by atoms with van der Waals surface area (Å²) in [6.07, 6.45) is -1.04. The van der Waals surface area contributed by atoms with E-state index in [0.29, 0.717) is 4.47 Å². The topological polar surface area (TPSA) is 54.4 Å². The predicted molar refractivity (Wildman–Crippen MR) is 54.3 cm³/mol. The Morgan fingerprint density at radius 2 is 1.73 bits per heavy atom. The second-order valence-electron chi connectivity index (χ2n) is 2.92. The van der Waals surface area contributed by atoms with Crippen molar-refractivity contribution >= 4 is 26.0 Å². The fraction of sp³-hybridized carbons (Fsp3) is 0.250. The highest BCUT2D eigenvalue weighted by molar-refractivity contribution is 9.10. The van der Waals surface area contributed by atoms with Crippen molar-refractivity contribution in [1.29, 1.82) is 0 Å². The minimum absolute atomic E-state index is 0.126. The van der Waals surface area contributed by atoms with Gasteiger partial charge < -0.3 is 0 Å². The van der Waals surface area contributed by atoms with Crippen LogP contribution in [0.4, 0.5) is 8.78 Å². The van der Waals surface area contributed by atoms with Crippen LogP contribution in [0.25, 0.3) is 0 Å². The molecule has 0 aromatic heterocycles. The molecule has 0 atom stereocenters. The van der Waals surface area contributed by atoms with Gasteiger partial charge in [-0.3, -0.25) is 4.55 Å². The second-order valence-corrected chi connectivity index (χ2v) is 5.38. The maximum absolute atomic E-state index is 12.9. The monoisotopic (exact) mass is 300 g/mol. The summed E-state index contributed by atoms with van der Waals surface area (Å²) in [6.45, 7) is 0. The number of benzene rings is 1. The normalized spacial score (nSPS) is 12.8. The molecule has 0 aliphatic heterocycles. The van der Waals surface area contributed by atoms with Crippen LogP contribution in [0, 0.1) is 0 Å². The van der Waals surface area contributed by atoms with Crippen LogP contribution in [0.2, 0.25) is 0 Å². The van der Waals surface area contributed by atoms with Crippen LogP contribution in [-0.2, 0) is 16.5 Å². The quantitative estimate of drug-likeness (QED) is 0.873. The van der Waals surface area contributed by atoms with Gasteiger partial charge in [0.15, 0.2) is 0 Å². The SMILES string of the molecule is O=S(=O)(O)C(F)(F)Cc1ccc(Br)cc1. The number of rotatable bonds is 3. The van der Waals surface area contributed by atoms with E-state index < -0.39 is 21.8 Å². The maximum atomic E-state index is 12.9. The van der Waals surface area contributed by atoms with Crippen LogP contribution in [0.3, 0.4) is 0 Å². The van der Waals surface area contributed by atoms with E-state index in [1.165, 1.54) is 24.3 Å². The lowest BCUT2D eigenvalue weighted by Gasteiger charge is -2.12. The maximum Gasteiger partial charge on any atom is 0.373 e. The van der Waals surface area contributed by atoms with E-state index in [0.717, 1.165) is 0 Å². The van der Waals surface area contributed by atoms with Crippen molar-refractivity contribution in [3.05, 3.63) is 34.3 Å². The van der Waals surface area contributed by atoms with Crippen molar-refractivity contribution in [3.8, 4) is 0 Å². The lowest BCUT2D eigenvalue weighted by atomic mass is 10.2. The summed E-state index contributed by atoms with van der Waals surface area (Å²) in [5.41, 5.74) is 0.126. The third kappa shape index (κ3) is 3.22. The molecule has 0 fully saturated rings. The molecule has 1 aromatic rings. The summed E-state index contributed by atoms with van der Waals surface area (Å²) in [7, 11) is -5.36. The lowest BCUT2D eigenvalue weighted by Crippen LogP contribution is -2.30. The number of hydrogen-bond acceptors (Lipinski definition) is 2. The largest absolute Gasteiger partial charge is 0.373 e. The van der Waals surface area contributed by atoms with E-state index in [4.69, 9.17) is 4.55 Å². The van der Waals surface area contributed by atoms with Gasteiger partial charge in [0, 0.05) is 4.47 Å². The predicted octanol–water partition coefficient (Wildman–Crippen LogP) is 2.47. The van der Waals surface area contributed by atoms with Crippen molar-refractivity contribution < 1.29 is 21.8 Å². The first-order valence-corrected chi connectivity index (χ1v) is 6.05. The van der Waals surface area contributed by atoms with Crippen molar-refractivity contribution in [1.82, 2.24) is 0 Å². The number of halogens is 3. The highest BCUT2D eigenvalue weighted by Gasteiger charge is 2.43. The van der Waals surface area contributed by atoms with Crippen LogP contribution >= 0.6 is 15.9 Å². The minimum atomic E-state index is -5.36. The zero-order chi connectivity index (χ0) is 11.7. The molecule has 0 bridgehead atoms. The third-order valence-electron chi connectivity index (χ3n) is 1.70. The van der Waals surface area contributed by atoms with Crippen LogP contribution in [0.15, 0.2) is 28.7 Å². The molecule has 15 heavy (non-hydrogen) atoms. The van der Waals surface area contributed by atoms with Gasteiger partial charge in [0.25, 0.3) is 0 Å². The van der Waals surface area contributed by atoms with Gasteiger partial charge in [0.05, 0.1) is 6.42 Å². The molecule has 0 spiro atoms. The van der Waals surface area contributed by atoms with E-state index in [1.807, 2.05) is 0 Å². The van der Waals surface area contributed by atoms with Gasteiger partial charge in [-0.05, 0) is 17.7 Å². The van der Waals surface area contributed by atoms with Crippen molar-refractivity contribution in [3.63, 3.8) is 0 Å². The van der Waals surface area contributed by atoms with Gasteiger partial charge >= 0.3 is 15.4 Å². The molecule has 1 rings (SSSR count). The van der Waals surface area contributed by atoms with Crippen molar-refractivity contribution in [2.75, 3.05) is 0 Å². The molecule has 0 unspecified atom stereocenters. The lowest BCUT2D eigenvalue weighted by molar-refractivity contribution is 0.0813. The second kappa shape index (κ2) is 4.15. The first kappa shape index (κ1) is 12.5. The smallest absolute Gasteiger partial charge is 0.281 e. The molecule has 0 amide bonds. The van der Waals surface area contributed by atoms with Gasteiger partial charge in [-0.15, -0.1) is 0 Å². The van der Waals surface area contributed by atoms with E-state index in [-0.39, 0.29) is 5.56 Å². The number of alkyl halides is 2. The van der Waals surface area contributed by atoms with Crippen molar-refractivity contribution in [2.24, 2.45) is 0 Å². The van der Waals surface area contributed by atoms with Gasteiger partial charge in [-0.2, -0.15) is 17.2 Å². The van der Waals surface area contributed by atoms with E-state index >= 15 is 0 Å². The Morgan fingerprint density at radius 3 is 2.13 bits per heavy atom. The van der Waals surface area contributed by atoms with E-state index in [1.54, 1.807) is 0 Å².